The highest BCUT2D eigenvalue weighted by molar-refractivity contribution is 6.42. The lowest BCUT2D eigenvalue weighted by Crippen LogP contribution is -2.38. The van der Waals surface area contributed by atoms with Crippen LogP contribution in [-0.4, -0.2) is 23.7 Å². The minimum atomic E-state index is -0.770. The molecular formula is C16H23Cl2NO2. The number of hydrogen-bond acceptors (Lipinski definition) is 2. The lowest BCUT2D eigenvalue weighted by molar-refractivity contribution is -0.139. The summed E-state index contributed by atoms with van der Waals surface area (Å²) in [4.78, 5) is 11.1. The van der Waals surface area contributed by atoms with Crippen LogP contribution in [0, 0.1) is 5.92 Å². The van der Waals surface area contributed by atoms with E-state index >= 15 is 0 Å². The molecule has 0 saturated carbocycles. The van der Waals surface area contributed by atoms with Gasteiger partial charge in [0.15, 0.2) is 0 Å². The van der Waals surface area contributed by atoms with E-state index in [2.05, 4.69) is 5.32 Å². The lowest BCUT2D eigenvalue weighted by atomic mass is 10.0. The summed E-state index contributed by atoms with van der Waals surface area (Å²) in [5, 5.41) is 13.4. The molecule has 0 aliphatic carbocycles. The molecule has 0 amide bonds. The Bertz CT molecular complexity index is 464. The predicted molar refractivity (Wildman–Crippen MR) is 88.3 cm³/mol. The Hall–Kier alpha value is -0.770. The van der Waals surface area contributed by atoms with E-state index in [1.807, 2.05) is 26.0 Å². The van der Waals surface area contributed by atoms with Gasteiger partial charge in [-0.05, 0) is 55.8 Å². The third-order valence-electron chi connectivity index (χ3n) is 3.27. The van der Waals surface area contributed by atoms with Crippen molar-refractivity contribution in [2.24, 2.45) is 5.92 Å². The average molecular weight is 332 g/mol. The minimum Gasteiger partial charge on any atom is -0.480 e. The normalized spacial score (nSPS) is 12.6. The molecule has 1 rings (SSSR count). The molecule has 0 fully saturated rings. The Kier molecular flexibility index (Phi) is 8.09. The molecule has 118 valence electrons. The molecule has 0 unspecified atom stereocenters. The van der Waals surface area contributed by atoms with E-state index in [0.29, 0.717) is 28.9 Å². The molecule has 0 spiro atoms. The maximum Gasteiger partial charge on any atom is 0.320 e. The van der Waals surface area contributed by atoms with Crippen LogP contribution >= 0.6 is 23.2 Å². The molecule has 1 aromatic rings. The van der Waals surface area contributed by atoms with Gasteiger partial charge in [0, 0.05) is 0 Å². The van der Waals surface area contributed by atoms with E-state index in [9.17, 15) is 4.79 Å². The van der Waals surface area contributed by atoms with E-state index in [0.717, 1.165) is 24.8 Å². The summed E-state index contributed by atoms with van der Waals surface area (Å²) < 4.78 is 0. The van der Waals surface area contributed by atoms with Crippen LogP contribution < -0.4 is 5.32 Å². The van der Waals surface area contributed by atoms with Crippen LogP contribution in [0.2, 0.25) is 10.0 Å². The molecule has 0 aliphatic rings. The van der Waals surface area contributed by atoms with Crippen molar-refractivity contribution in [1.29, 1.82) is 0 Å². The predicted octanol–water partition coefficient (Wildman–Crippen LogP) is 4.41. The van der Waals surface area contributed by atoms with Crippen LogP contribution in [0.5, 0.6) is 0 Å². The second-order valence-electron chi connectivity index (χ2n) is 5.68. The first-order valence-electron chi connectivity index (χ1n) is 7.30. The summed E-state index contributed by atoms with van der Waals surface area (Å²) in [6.07, 6.45) is 3.49. The van der Waals surface area contributed by atoms with Gasteiger partial charge < -0.3 is 10.4 Å². The second kappa shape index (κ2) is 9.29. The molecule has 0 saturated heterocycles. The largest absolute Gasteiger partial charge is 0.480 e. The molecule has 0 radical (unpaired) electrons. The van der Waals surface area contributed by atoms with Gasteiger partial charge in [-0.25, -0.2) is 0 Å². The molecule has 1 aromatic carbocycles. The number of rotatable bonds is 9. The van der Waals surface area contributed by atoms with Gasteiger partial charge in [0.2, 0.25) is 0 Å². The van der Waals surface area contributed by atoms with Gasteiger partial charge >= 0.3 is 5.97 Å². The number of aliphatic carboxylic acids is 1. The maximum absolute atomic E-state index is 11.1. The van der Waals surface area contributed by atoms with Crippen LogP contribution in [-0.2, 0) is 11.2 Å². The van der Waals surface area contributed by atoms with E-state index in [1.54, 1.807) is 6.07 Å². The van der Waals surface area contributed by atoms with Gasteiger partial charge in [-0.15, -0.1) is 0 Å². The van der Waals surface area contributed by atoms with Crippen molar-refractivity contribution in [3.05, 3.63) is 33.8 Å². The van der Waals surface area contributed by atoms with Gasteiger partial charge in [0.1, 0.15) is 6.04 Å². The van der Waals surface area contributed by atoms with Crippen molar-refractivity contribution in [3.8, 4) is 0 Å². The third-order valence-corrected chi connectivity index (χ3v) is 4.01. The Morgan fingerprint density at radius 2 is 1.95 bits per heavy atom. The second-order valence-corrected chi connectivity index (χ2v) is 6.49. The fourth-order valence-electron chi connectivity index (χ4n) is 2.17. The molecule has 3 nitrogen and oxygen atoms in total. The van der Waals surface area contributed by atoms with Crippen LogP contribution in [0.1, 0.15) is 38.7 Å². The van der Waals surface area contributed by atoms with Crippen LogP contribution in [0.25, 0.3) is 0 Å². The monoisotopic (exact) mass is 331 g/mol. The van der Waals surface area contributed by atoms with Crippen LogP contribution in [0.3, 0.4) is 0 Å². The standard InChI is InChI=1S/C16H23Cl2NO2/c1-11(2)9-15(16(20)21)19-8-4-3-5-12-6-7-13(17)14(18)10-12/h6-7,10-11,15,19H,3-5,8-9H2,1-2H3,(H,20,21)/t15-/m1/s1. The number of carboxylic acid groups (broad SMARTS) is 1. The van der Waals surface area contributed by atoms with E-state index < -0.39 is 12.0 Å². The van der Waals surface area contributed by atoms with E-state index in [1.165, 1.54) is 0 Å². The van der Waals surface area contributed by atoms with Gasteiger partial charge in [0.05, 0.1) is 10.0 Å². The van der Waals surface area contributed by atoms with Gasteiger partial charge in [-0.3, -0.25) is 4.79 Å². The smallest absolute Gasteiger partial charge is 0.320 e. The van der Waals surface area contributed by atoms with Crippen LogP contribution in [0.15, 0.2) is 18.2 Å². The summed E-state index contributed by atoms with van der Waals surface area (Å²) >= 11 is 11.8. The molecule has 21 heavy (non-hydrogen) atoms. The number of hydrogen-bond donors (Lipinski definition) is 2. The Morgan fingerprint density at radius 1 is 1.24 bits per heavy atom. The molecule has 0 aliphatic heterocycles. The summed E-state index contributed by atoms with van der Waals surface area (Å²) in [5.41, 5.74) is 1.15. The van der Waals surface area contributed by atoms with Gasteiger partial charge in [-0.1, -0.05) is 43.1 Å². The number of nitrogens with one attached hydrogen (secondary N) is 1. The van der Waals surface area contributed by atoms with E-state index in [-0.39, 0.29) is 0 Å². The van der Waals surface area contributed by atoms with Crippen molar-refractivity contribution in [1.82, 2.24) is 5.32 Å². The number of halogens is 2. The third kappa shape index (κ3) is 7.16. The minimum absolute atomic E-state index is 0.370. The number of carbonyl (C=O) groups is 1. The summed E-state index contributed by atoms with van der Waals surface area (Å²) in [6.45, 7) is 4.77. The number of unbranched alkanes of at least 4 members (excludes halogenated alkanes) is 1. The number of aryl methyl sites for hydroxylation is 1. The van der Waals surface area contributed by atoms with Crippen molar-refractivity contribution < 1.29 is 9.90 Å². The summed E-state index contributed by atoms with van der Waals surface area (Å²) in [6, 6.07) is 5.21. The first-order valence-corrected chi connectivity index (χ1v) is 8.06. The first kappa shape index (κ1) is 18.3. The molecule has 1 atom stereocenters. The van der Waals surface area contributed by atoms with Gasteiger partial charge in [0.25, 0.3) is 0 Å². The molecule has 5 heteroatoms. The van der Waals surface area contributed by atoms with Crippen molar-refractivity contribution in [2.45, 2.75) is 45.6 Å². The lowest BCUT2D eigenvalue weighted by Gasteiger charge is -2.16. The fraction of sp³-hybridized carbons (Fsp3) is 0.562. The summed E-state index contributed by atoms with van der Waals surface area (Å²) in [5.74, 6) is -0.400. The summed E-state index contributed by atoms with van der Waals surface area (Å²) in [7, 11) is 0. The SMILES string of the molecule is CC(C)C[C@@H](NCCCCc1ccc(Cl)c(Cl)c1)C(=O)O. The highest BCUT2D eigenvalue weighted by Crippen LogP contribution is 2.23. The quantitative estimate of drug-likeness (QED) is 0.659. The number of benzene rings is 1. The first-order chi connectivity index (χ1) is 9.90. The topological polar surface area (TPSA) is 49.3 Å². The zero-order valence-corrected chi connectivity index (χ0v) is 14.0. The van der Waals surface area contributed by atoms with Crippen LogP contribution in [0.4, 0.5) is 0 Å². The molecular weight excluding hydrogens is 309 g/mol. The maximum atomic E-state index is 11.1. The van der Waals surface area contributed by atoms with E-state index in [4.69, 9.17) is 28.3 Å². The fourth-order valence-corrected chi connectivity index (χ4v) is 2.49. The molecule has 0 heterocycles. The molecule has 0 bridgehead atoms. The van der Waals surface area contributed by atoms with Crippen molar-refractivity contribution >= 4 is 29.2 Å². The Morgan fingerprint density at radius 3 is 2.52 bits per heavy atom. The Labute approximate surface area is 136 Å². The highest BCUT2D eigenvalue weighted by Gasteiger charge is 2.17. The molecule has 2 N–H and O–H groups in total. The Balaban J connectivity index is 2.27. The highest BCUT2D eigenvalue weighted by atomic mass is 35.5. The van der Waals surface area contributed by atoms with Crippen molar-refractivity contribution in [3.63, 3.8) is 0 Å². The van der Waals surface area contributed by atoms with Gasteiger partial charge in [-0.2, -0.15) is 0 Å². The van der Waals surface area contributed by atoms with Crippen molar-refractivity contribution in [2.75, 3.05) is 6.54 Å². The average Bonchev–Trinajstić information content (AvgIpc) is 2.40. The zero-order valence-electron chi connectivity index (χ0n) is 12.5. The molecule has 0 aromatic heterocycles. The number of carboxylic acids is 1. The zero-order chi connectivity index (χ0) is 15.8.